The SMILES string of the molecule is COC(=O)NC1Cc2ccccc2N(C(=O)CC(C)(C)C[C@H](N)[C@@H](O)CN2CCC(C)(C)C2=O)C1. The number of nitrogens with two attached hydrogens (primary N) is 1. The lowest BCUT2D eigenvalue weighted by Gasteiger charge is -2.37. The molecule has 0 saturated carbocycles. The van der Waals surface area contributed by atoms with Gasteiger partial charge in [-0.05, 0) is 36.3 Å². The number of likely N-dealkylation sites (tertiary alicyclic amines) is 1. The number of rotatable bonds is 8. The molecule has 1 aromatic rings. The van der Waals surface area contributed by atoms with Gasteiger partial charge >= 0.3 is 6.09 Å². The first-order valence-corrected chi connectivity index (χ1v) is 12.3. The summed E-state index contributed by atoms with van der Waals surface area (Å²) in [5.74, 6) is -0.0333. The van der Waals surface area contributed by atoms with Crippen molar-refractivity contribution in [3.05, 3.63) is 29.8 Å². The zero-order valence-electron chi connectivity index (χ0n) is 21.5. The number of benzene rings is 1. The molecule has 0 aromatic heterocycles. The Morgan fingerprint density at radius 3 is 2.63 bits per heavy atom. The summed E-state index contributed by atoms with van der Waals surface area (Å²) in [4.78, 5) is 41.1. The third-order valence-corrected chi connectivity index (χ3v) is 7.15. The molecule has 3 rings (SSSR count). The van der Waals surface area contributed by atoms with E-state index in [2.05, 4.69) is 5.32 Å². The number of fused-ring (bicyclic) bond motifs is 1. The molecular formula is C26H40N4O5. The number of aliphatic hydroxyl groups excluding tert-OH is 1. The van der Waals surface area contributed by atoms with Crippen LogP contribution in [0.1, 0.15) is 52.5 Å². The van der Waals surface area contributed by atoms with E-state index in [0.717, 1.165) is 17.7 Å². The molecule has 0 bridgehead atoms. The number of para-hydroxylation sites is 1. The molecule has 2 aliphatic rings. The Labute approximate surface area is 208 Å². The lowest BCUT2D eigenvalue weighted by molar-refractivity contribution is -0.135. The number of carbonyl (C=O) groups excluding carboxylic acids is 3. The molecule has 194 valence electrons. The van der Waals surface area contributed by atoms with Gasteiger partial charge in [0.05, 0.1) is 19.3 Å². The van der Waals surface area contributed by atoms with Crippen molar-refractivity contribution >= 4 is 23.6 Å². The second-order valence-electron chi connectivity index (χ2n) is 11.3. The number of amides is 3. The molecule has 4 N–H and O–H groups in total. The van der Waals surface area contributed by atoms with Gasteiger partial charge in [0.2, 0.25) is 11.8 Å². The lowest BCUT2D eigenvalue weighted by atomic mass is 9.80. The number of carbonyl (C=O) groups is 3. The molecule has 3 atom stereocenters. The highest BCUT2D eigenvalue weighted by Crippen LogP contribution is 2.34. The summed E-state index contributed by atoms with van der Waals surface area (Å²) in [6.07, 6.45) is 0.624. The molecule has 3 amide bonds. The van der Waals surface area contributed by atoms with Gasteiger partial charge in [-0.2, -0.15) is 0 Å². The predicted molar refractivity (Wildman–Crippen MR) is 134 cm³/mol. The molecule has 2 heterocycles. The summed E-state index contributed by atoms with van der Waals surface area (Å²) in [7, 11) is 1.32. The second kappa shape index (κ2) is 10.5. The zero-order valence-corrected chi connectivity index (χ0v) is 21.5. The normalized spacial score (nSPS) is 21.3. The molecular weight excluding hydrogens is 448 g/mol. The van der Waals surface area contributed by atoms with Crippen LogP contribution in [0.5, 0.6) is 0 Å². The van der Waals surface area contributed by atoms with Crippen molar-refractivity contribution in [2.45, 2.75) is 71.6 Å². The van der Waals surface area contributed by atoms with E-state index >= 15 is 0 Å². The van der Waals surface area contributed by atoms with Gasteiger partial charge in [-0.3, -0.25) is 9.59 Å². The Balaban J connectivity index is 1.63. The van der Waals surface area contributed by atoms with Crippen LogP contribution in [-0.4, -0.2) is 72.8 Å². The zero-order chi connectivity index (χ0) is 26.0. The molecule has 1 saturated heterocycles. The first-order valence-electron chi connectivity index (χ1n) is 12.3. The number of hydrogen-bond acceptors (Lipinski definition) is 6. The van der Waals surface area contributed by atoms with Crippen LogP contribution in [0.2, 0.25) is 0 Å². The van der Waals surface area contributed by atoms with Crippen molar-refractivity contribution in [2.75, 3.05) is 31.6 Å². The molecule has 0 spiro atoms. The maximum absolute atomic E-state index is 13.4. The maximum Gasteiger partial charge on any atom is 0.407 e. The first kappa shape index (κ1) is 26.9. The number of alkyl carbamates (subject to hydrolysis) is 1. The summed E-state index contributed by atoms with van der Waals surface area (Å²) in [6, 6.07) is 6.86. The molecule has 1 unspecified atom stereocenters. The van der Waals surface area contributed by atoms with Crippen molar-refractivity contribution in [3.8, 4) is 0 Å². The third-order valence-electron chi connectivity index (χ3n) is 7.15. The minimum Gasteiger partial charge on any atom is -0.453 e. The van der Waals surface area contributed by atoms with E-state index < -0.39 is 29.1 Å². The molecule has 2 aliphatic heterocycles. The van der Waals surface area contributed by atoms with Gasteiger partial charge < -0.3 is 30.7 Å². The molecule has 35 heavy (non-hydrogen) atoms. The van der Waals surface area contributed by atoms with Gasteiger partial charge in [0, 0.05) is 43.2 Å². The number of nitrogens with zero attached hydrogens (tertiary/aromatic N) is 2. The van der Waals surface area contributed by atoms with Crippen molar-refractivity contribution in [2.24, 2.45) is 16.6 Å². The summed E-state index contributed by atoms with van der Waals surface area (Å²) in [5.41, 5.74) is 7.28. The number of hydrogen-bond donors (Lipinski definition) is 3. The monoisotopic (exact) mass is 488 g/mol. The van der Waals surface area contributed by atoms with Crippen molar-refractivity contribution in [3.63, 3.8) is 0 Å². The van der Waals surface area contributed by atoms with E-state index in [9.17, 15) is 19.5 Å². The van der Waals surface area contributed by atoms with Gasteiger partial charge in [0.25, 0.3) is 0 Å². The summed E-state index contributed by atoms with van der Waals surface area (Å²) in [6.45, 7) is 8.92. The largest absolute Gasteiger partial charge is 0.453 e. The summed E-state index contributed by atoms with van der Waals surface area (Å²) in [5, 5.41) is 13.5. The number of β-amino-alcohol motifs (C(OH)–C–C–N with tert-alkyl or cyclic N) is 1. The average Bonchev–Trinajstić information content (AvgIpc) is 3.04. The Bertz CT molecular complexity index is 947. The summed E-state index contributed by atoms with van der Waals surface area (Å²) >= 11 is 0. The Hall–Kier alpha value is -2.65. The average molecular weight is 489 g/mol. The van der Waals surface area contributed by atoms with Crippen LogP contribution in [0.25, 0.3) is 0 Å². The van der Waals surface area contributed by atoms with Crippen molar-refractivity contribution in [1.82, 2.24) is 10.2 Å². The Morgan fingerprint density at radius 2 is 2.00 bits per heavy atom. The molecule has 9 heteroatoms. The van der Waals surface area contributed by atoms with Gasteiger partial charge in [0.1, 0.15) is 0 Å². The van der Waals surface area contributed by atoms with E-state index in [4.69, 9.17) is 10.5 Å². The summed E-state index contributed by atoms with van der Waals surface area (Å²) < 4.78 is 4.73. The number of anilines is 1. The quantitative estimate of drug-likeness (QED) is 0.514. The highest BCUT2D eigenvalue weighted by Gasteiger charge is 2.40. The van der Waals surface area contributed by atoms with Crippen LogP contribution in [0.15, 0.2) is 24.3 Å². The number of nitrogens with one attached hydrogen (secondary N) is 1. The highest BCUT2D eigenvalue weighted by atomic mass is 16.5. The lowest BCUT2D eigenvalue weighted by Crippen LogP contribution is -2.51. The van der Waals surface area contributed by atoms with Crippen molar-refractivity contribution < 1.29 is 24.2 Å². The molecule has 0 aliphatic carbocycles. The fraction of sp³-hybridized carbons (Fsp3) is 0.654. The first-order chi connectivity index (χ1) is 16.3. The van der Waals surface area contributed by atoms with Gasteiger partial charge in [-0.15, -0.1) is 0 Å². The van der Waals surface area contributed by atoms with Crippen LogP contribution in [-0.2, 0) is 20.7 Å². The minimum absolute atomic E-state index is 0.0390. The topological polar surface area (TPSA) is 125 Å². The van der Waals surface area contributed by atoms with Crippen LogP contribution >= 0.6 is 0 Å². The maximum atomic E-state index is 13.4. The second-order valence-corrected chi connectivity index (χ2v) is 11.3. The standard InChI is InChI=1S/C26H40N4O5/c1-25(2,13-19(27)21(31)16-29-11-10-26(3,4)23(29)33)14-22(32)30-15-18(28-24(34)35-5)12-17-8-6-7-9-20(17)30/h6-9,18-19,21,31H,10-16,27H2,1-5H3,(H,28,34)/t18?,19-,21-/m0/s1. The fourth-order valence-corrected chi connectivity index (χ4v) is 5.09. The van der Waals surface area contributed by atoms with E-state index in [1.165, 1.54) is 7.11 Å². The third kappa shape index (κ3) is 6.52. The van der Waals surface area contributed by atoms with E-state index in [1.807, 2.05) is 52.0 Å². The van der Waals surface area contributed by atoms with Crippen LogP contribution in [0.4, 0.5) is 10.5 Å². The van der Waals surface area contributed by atoms with Gasteiger partial charge in [0.15, 0.2) is 0 Å². The van der Waals surface area contributed by atoms with Gasteiger partial charge in [-0.1, -0.05) is 45.9 Å². The molecule has 1 fully saturated rings. The van der Waals surface area contributed by atoms with E-state index in [1.54, 1.807) is 9.80 Å². The van der Waals surface area contributed by atoms with Crippen molar-refractivity contribution in [1.29, 1.82) is 0 Å². The molecule has 9 nitrogen and oxygen atoms in total. The van der Waals surface area contributed by atoms with Crippen LogP contribution < -0.4 is 16.0 Å². The van der Waals surface area contributed by atoms with Crippen LogP contribution in [0, 0.1) is 10.8 Å². The smallest absolute Gasteiger partial charge is 0.407 e. The number of methoxy groups -OCH3 is 1. The number of ether oxygens (including phenoxy) is 1. The fourth-order valence-electron chi connectivity index (χ4n) is 5.09. The Morgan fingerprint density at radius 1 is 1.31 bits per heavy atom. The van der Waals surface area contributed by atoms with Gasteiger partial charge in [-0.25, -0.2) is 4.79 Å². The Kier molecular flexibility index (Phi) is 8.11. The molecule has 0 radical (unpaired) electrons. The number of aliphatic hydroxyl groups is 1. The van der Waals surface area contributed by atoms with E-state index in [-0.39, 0.29) is 30.8 Å². The highest BCUT2D eigenvalue weighted by molar-refractivity contribution is 5.95. The minimum atomic E-state index is -0.869. The predicted octanol–water partition coefficient (Wildman–Crippen LogP) is 2.05. The molecule has 1 aromatic carbocycles. The van der Waals surface area contributed by atoms with E-state index in [0.29, 0.717) is 25.9 Å². The van der Waals surface area contributed by atoms with Crippen LogP contribution in [0.3, 0.4) is 0 Å².